The van der Waals surface area contributed by atoms with Crippen LogP contribution in [0.4, 0.5) is 0 Å². The molecule has 1 amide bonds. The molecule has 0 bridgehead atoms. The van der Waals surface area contributed by atoms with Gasteiger partial charge < -0.3 is 174 Å². The van der Waals surface area contributed by atoms with Gasteiger partial charge in [-0.05, 0) is 376 Å². The first kappa shape index (κ1) is 117. The fraction of sp³-hybridized carbons (Fsp3) is 0.976. The minimum absolute atomic E-state index is 0.00773. The lowest BCUT2D eigenvalue weighted by atomic mass is 9.93. The maximum atomic E-state index is 16.8. The van der Waals surface area contributed by atoms with Crippen molar-refractivity contribution in [2.45, 2.75) is 190 Å². The molecule has 0 spiro atoms. The Morgan fingerprint density at radius 1 is 0.227 bits per heavy atom. The molecule has 0 fully saturated rings. The SMILES string of the molecule is NCCCN(CCCN)CCCCOCC(COCCCN(CCCN)CCCN)(CC(=O)C(OCCCN(CCCN)CCCN)C(OCCCN(CCCN)CCCN)C(=O)NC(COCCCN(CCCN)CCCN)(COCCCN(CCCN)CCCN)OCCCN(CCCN)CCCN)OCCCN(CCCN)CCCN. The summed E-state index contributed by atoms with van der Waals surface area (Å²) in [5.74, 6) is -1.07. The van der Waals surface area contributed by atoms with Gasteiger partial charge in [-0.25, -0.2) is 0 Å². The lowest BCUT2D eigenvalue weighted by molar-refractivity contribution is -0.182. The number of nitrogens with two attached hydrogens (primary N) is 16. The summed E-state index contributed by atoms with van der Waals surface area (Å²) in [4.78, 5) is 52.5. The standard InChI is InChI=1S/C84H191N25O10/c85-26-3-43-102(44-4-27-86)42-1-2-66-112-75-83(118-72-24-64-108(55-15-38-97)56-16-39-98,76-113-67-19-59-103(45-5-28-87)46-6-29-88)74-79(110)80(116-70-22-62-106(51-11-34-93)52-12-35-94)81(117-71-23-63-107(53-13-36-95)54-14-37-96)82(111)101-84(119-73-25-65-109(57-17-40-99)58-18-41-100,77-114-68-20-60-104(47-7-30-89)48-8-31-90)78-115-69-21-61-105(49-9-32-91)50-10-33-92/h80-81H,1-78,85-100H2,(H,101,111). The highest BCUT2D eigenvalue weighted by atomic mass is 16.6. The van der Waals surface area contributed by atoms with Crippen molar-refractivity contribution in [1.29, 1.82) is 0 Å². The van der Waals surface area contributed by atoms with Crippen LogP contribution in [-0.4, -0.2) is 415 Å². The van der Waals surface area contributed by atoms with E-state index in [9.17, 15) is 0 Å². The van der Waals surface area contributed by atoms with Crippen LogP contribution in [-0.2, 0) is 47.5 Å². The number of nitrogens with one attached hydrogen (secondary N) is 1. The molecule has 0 saturated carbocycles. The molecule has 33 N–H and O–H groups in total. The fourth-order valence-electron chi connectivity index (χ4n) is 14.4. The van der Waals surface area contributed by atoms with Crippen LogP contribution in [0.1, 0.15) is 167 Å². The molecule has 0 aliphatic heterocycles. The lowest BCUT2D eigenvalue weighted by Crippen LogP contribution is -2.62. The summed E-state index contributed by atoms with van der Waals surface area (Å²) in [7, 11) is 0. The molecular formula is C84H191N25O10. The van der Waals surface area contributed by atoms with Gasteiger partial charge in [-0.1, -0.05) is 0 Å². The van der Waals surface area contributed by atoms with E-state index in [1.54, 1.807) is 0 Å². The molecule has 0 rings (SSSR count). The Bertz CT molecular complexity index is 2040. The normalized spacial score (nSPS) is 13.4. The predicted octanol–water partition coefficient (Wildman–Crippen LogP) is -2.13. The molecule has 0 aliphatic carbocycles. The van der Waals surface area contributed by atoms with Gasteiger partial charge in [0, 0.05) is 98.5 Å². The molecule has 0 radical (unpaired) electrons. The van der Waals surface area contributed by atoms with Gasteiger partial charge in [-0.3, -0.25) is 9.59 Å². The van der Waals surface area contributed by atoms with Crippen LogP contribution >= 0.6 is 0 Å². The van der Waals surface area contributed by atoms with Gasteiger partial charge in [-0.2, -0.15) is 0 Å². The molecule has 0 saturated heterocycles. The highest BCUT2D eigenvalue weighted by Crippen LogP contribution is 2.26. The highest BCUT2D eigenvalue weighted by Gasteiger charge is 2.45. The Balaban J connectivity index is 9.22. The molecule has 35 heteroatoms. The van der Waals surface area contributed by atoms with Crippen molar-refractivity contribution in [3.05, 3.63) is 0 Å². The van der Waals surface area contributed by atoms with Crippen LogP contribution in [0.3, 0.4) is 0 Å². The van der Waals surface area contributed by atoms with E-state index in [4.69, 9.17) is 130 Å². The number of hydrogen-bond donors (Lipinski definition) is 17. The minimum atomic E-state index is -1.64. The number of unbranched alkanes of at least 4 members (excludes halogenated alkanes) is 1. The Morgan fingerprint density at radius 3 is 0.689 bits per heavy atom. The Morgan fingerprint density at radius 2 is 0.429 bits per heavy atom. The number of carbonyl (C=O) groups excluding carboxylic acids is 2. The van der Waals surface area contributed by atoms with Crippen molar-refractivity contribution in [3.63, 3.8) is 0 Å². The van der Waals surface area contributed by atoms with Gasteiger partial charge in [0.2, 0.25) is 0 Å². The third kappa shape index (κ3) is 66.0. The Labute approximate surface area is 723 Å². The first-order valence-corrected chi connectivity index (χ1v) is 46.9. The van der Waals surface area contributed by atoms with Crippen molar-refractivity contribution < 1.29 is 47.5 Å². The van der Waals surface area contributed by atoms with Crippen molar-refractivity contribution in [2.75, 3.05) is 341 Å². The first-order chi connectivity index (χ1) is 58.2. The van der Waals surface area contributed by atoms with Crippen molar-refractivity contribution in [3.8, 4) is 0 Å². The monoisotopic (exact) mass is 1710 g/mol. The average Bonchev–Trinajstić information content (AvgIpc) is 0.813. The maximum absolute atomic E-state index is 16.8. The van der Waals surface area contributed by atoms with Crippen LogP contribution < -0.4 is 97.1 Å². The number of hydrogen-bond acceptors (Lipinski definition) is 34. The second-order valence-electron chi connectivity index (χ2n) is 32.0. The molecule has 712 valence electrons. The number of amides is 1. The molecule has 0 aromatic heterocycles. The molecule has 0 heterocycles. The molecule has 119 heavy (non-hydrogen) atoms. The van der Waals surface area contributed by atoms with Crippen LogP contribution in [0, 0.1) is 0 Å². The number of ether oxygens (including phenoxy) is 8. The Kier molecular flexibility index (Phi) is 85.0. The van der Waals surface area contributed by atoms with Gasteiger partial charge >= 0.3 is 0 Å². The molecule has 0 aromatic carbocycles. The molecule has 35 nitrogen and oxygen atoms in total. The average molecular weight is 1710 g/mol. The van der Waals surface area contributed by atoms with Crippen LogP contribution in [0.15, 0.2) is 0 Å². The third-order valence-electron chi connectivity index (χ3n) is 21.1. The number of nitrogens with zero attached hydrogens (tertiary/aromatic N) is 8. The summed E-state index contributed by atoms with van der Waals surface area (Å²) in [6.07, 6.45) is 15.7. The summed E-state index contributed by atoms with van der Waals surface area (Å²) in [5.41, 5.74) is 94.1. The van der Waals surface area contributed by atoms with Gasteiger partial charge in [0.1, 0.15) is 5.60 Å². The second-order valence-corrected chi connectivity index (χ2v) is 32.0. The zero-order valence-electron chi connectivity index (χ0n) is 75.7. The van der Waals surface area contributed by atoms with E-state index < -0.39 is 35.2 Å². The maximum Gasteiger partial charge on any atom is 0.254 e. The topological polar surface area (TPSA) is 562 Å². The van der Waals surface area contributed by atoms with Crippen LogP contribution in [0.25, 0.3) is 0 Å². The Hall–Kier alpha value is -2.14. The predicted molar refractivity (Wildman–Crippen MR) is 490 cm³/mol. The van der Waals surface area contributed by atoms with E-state index in [0.29, 0.717) is 202 Å². The smallest absolute Gasteiger partial charge is 0.254 e. The van der Waals surface area contributed by atoms with Gasteiger partial charge in [0.15, 0.2) is 23.7 Å². The summed E-state index contributed by atoms with van der Waals surface area (Å²) in [6.45, 7) is 29.3. The van der Waals surface area contributed by atoms with Gasteiger partial charge in [-0.15, -0.1) is 0 Å². The number of ketones is 1. The number of carbonyl (C=O) groups is 2. The quantitative estimate of drug-likeness (QED) is 0.0229. The molecular weight excluding hydrogens is 1520 g/mol. The van der Waals surface area contributed by atoms with E-state index in [1.165, 1.54) is 0 Å². The van der Waals surface area contributed by atoms with E-state index in [2.05, 4.69) is 44.5 Å². The zero-order valence-corrected chi connectivity index (χ0v) is 75.7. The molecule has 3 atom stereocenters. The zero-order chi connectivity index (χ0) is 87.4. The van der Waals surface area contributed by atoms with E-state index in [0.717, 1.165) is 246 Å². The highest BCUT2D eigenvalue weighted by molar-refractivity contribution is 5.93. The lowest BCUT2D eigenvalue weighted by Gasteiger charge is -2.38. The van der Waals surface area contributed by atoms with Crippen molar-refractivity contribution >= 4 is 11.7 Å². The number of Topliss-reactive ketones (excluding diaryl/α,β-unsaturated/α-hetero) is 1. The van der Waals surface area contributed by atoms with Crippen molar-refractivity contribution in [1.82, 2.24) is 44.5 Å². The van der Waals surface area contributed by atoms with Crippen LogP contribution in [0.2, 0.25) is 0 Å². The second kappa shape index (κ2) is 86.6. The first-order valence-electron chi connectivity index (χ1n) is 46.9. The molecule has 0 aromatic rings. The summed E-state index contributed by atoms with van der Waals surface area (Å²) >= 11 is 0. The summed E-state index contributed by atoms with van der Waals surface area (Å²) in [6, 6.07) is 0. The number of rotatable bonds is 99. The molecule has 3 unspecified atom stereocenters. The van der Waals surface area contributed by atoms with Crippen LogP contribution in [0.5, 0.6) is 0 Å². The van der Waals surface area contributed by atoms with Gasteiger partial charge in [0.25, 0.3) is 5.91 Å². The fourth-order valence-corrected chi connectivity index (χ4v) is 14.4. The van der Waals surface area contributed by atoms with Gasteiger partial charge in [0.05, 0.1) is 33.0 Å². The summed E-state index contributed by atoms with van der Waals surface area (Å²) in [5, 5.41) is 3.41. The van der Waals surface area contributed by atoms with E-state index in [-0.39, 0.29) is 59.3 Å². The summed E-state index contributed by atoms with van der Waals surface area (Å²) < 4.78 is 56.1. The van der Waals surface area contributed by atoms with Crippen molar-refractivity contribution in [2.24, 2.45) is 91.7 Å². The van der Waals surface area contributed by atoms with E-state index in [1.807, 2.05) is 0 Å². The largest absolute Gasteiger partial charge is 0.378 e. The third-order valence-corrected chi connectivity index (χ3v) is 21.1. The molecule has 0 aliphatic rings. The van der Waals surface area contributed by atoms with E-state index >= 15 is 9.59 Å². The minimum Gasteiger partial charge on any atom is -0.378 e.